The second kappa shape index (κ2) is 5.85. The molecule has 2 aromatic heterocycles. The highest BCUT2D eigenvalue weighted by Crippen LogP contribution is 2.40. The Morgan fingerprint density at radius 3 is 2.96 bits per heavy atom. The van der Waals surface area contributed by atoms with E-state index in [1.165, 1.54) is 0 Å². The number of primary amides is 1. The highest BCUT2D eigenvalue weighted by molar-refractivity contribution is 7.13. The predicted octanol–water partition coefficient (Wildman–Crippen LogP) is 2.51. The summed E-state index contributed by atoms with van der Waals surface area (Å²) in [6.45, 7) is 1.99. The lowest BCUT2D eigenvalue weighted by Gasteiger charge is -2.27. The van der Waals surface area contributed by atoms with Crippen LogP contribution in [-0.4, -0.2) is 27.5 Å². The molecule has 0 spiro atoms. The number of aromatic nitrogens is 3. The van der Waals surface area contributed by atoms with Crippen LogP contribution in [0.3, 0.4) is 0 Å². The molecule has 0 unspecified atom stereocenters. The number of benzene rings is 1. The van der Waals surface area contributed by atoms with Crippen LogP contribution in [0.25, 0.3) is 10.7 Å². The van der Waals surface area contributed by atoms with Crippen molar-refractivity contribution < 1.29 is 14.3 Å². The molecule has 27 heavy (non-hydrogen) atoms. The summed E-state index contributed by atoms with van der Waals surface area (Å²) >= 11 is 1.55. The molecule has 3 aromatic rings. The molecule has 0 bridgehead atoms. The van der Waals surface area contributed by atoms with Gasteiger partial charge in [0.1, 0.15) is 6.04 Å². The quantitative estimate of drug-likeness (QED) is 0.722. The molecule has 1 amide bonds. The summed E-state index contributed by atoms with van der Waals surface area (Å²) in [6, 6.07) is 8.96. The van der Waals surface area contributed by atoms with Gasteiger partial charge in [0, 0.05) is 5.70 Å². The molecule has 3 N–H and O–H groups in total. The van der Waals surface area contributed by atoms with Crippen LogP contribution in [-0.2, 0) is 4.79 Å². The molecule has 1 aromatic carbocycles. The van der Waals surface area contributed by atoms with Crippen LogP contribution in [0.4, 0.5) is 5.95 Å². The minimum Gasteiger partial charge on any atom is -0.454 e. The monoisotopic (exact) mass is 381 g/mol. The number of amides is 1. The predicted molar refractivity (Wildman–Crippen MR) is 99.6 cm³/mol. The SMILES string of the molecule is CC1=C(C(N)=O)[C@@H](c2ccc3c(c2)OCO3)n2nc(-c3cccs3)nc2N1. The maximum absolute atomic E-state index is 12.2. The Morgan fingerprint density at radius 1 is 1.33 bits per heavy atom. The molecular weight excluding hydrogens is 366 g/mol. The maximum Gasteiger partial charge on any atom is 0.248 e. The third-order valence-corrected chi connectivity index (χ3v) is 5.44. The van der Waals surface area contributed by atoms with Crippen molar-refractivity contribution in [3.8, 4) is 22.2 Å². The number of ether oxygens (including phenoxy) is 2. The molecule has 2 aliphatic heterocycles. The Kier molecular flexibility index (Phi) is 3.44. The van der Waals surface area contributed by atoms with Crippen LogP contribution in [0.1, 0.15) is 18.5 Å². The van der Waals surface area contributed by atoms with Crippen molar-refractivity contribution in [1.29, 1.82) is 0 Å². The summed E-state index contributed by atoms with van der Waals surface area (Å²) in [5, 5.41) is 9.76. The number of rotatable bonds is 3. The van der Waals surface area contributed by atoms with Gasteiger partial charge in [-0.1, -0.05) is 12.1 Å². The van der Waals surface area contributed by atoms with Crippen LogP contribution < -0.4 is 20.5 Å². The molecule has 136 valence electrons. The smallest absolute Gasteiger partial charge is 0.248 e. The summed E-state index contributed by atoms with van der Waals surface area (Å²) in [7, 11) is 0. The number of hydrogen-bond donors (Lipinski definition) is 2. The molecule has 8 nitrogen and oxygen atoms in total. The van der Waals surface area contributed by atoms with Gasteiger partial charge in [0.05, 0.1) is 10.5 Å². The van der Waals surface area contributed by atoms with Crippen molar-refractivity contribution >= 4 is 23.2 Å². The second-order valence-corrected chi connectivity index (χ2v) is 7.17. The first kappa shape index (κ1) is 15.9. The number of anilines is 1. The van der Waals surface area contributed by atoms with Crippen molar-refractivity contribution in [1.82, 2.24) is 14.8 Å². The van der Waals surface area contributed by atoms with E-state index >= 15 is 0 Å². The first-order valence-electron chi connectivity index (χ1n) is 8.29. The molecule has 0 aliphatic carbocycles. The molecule has 0 saturated carbocycles. The van der Waals surface area contributed by atoms with Gasteiger partial charge in [-0.2, -0.15) is 4.98 Å². The third-order valence-electron chi connectivity index (χ3n) is 4.57. The Bertz CT molecular complexity index is 1090. The lowest BCUT2D eigenvalue weighted by Crippen LogP contribution is -2.31. The number of thiophene rings is 1. The van der Waals surface area contributed by atoms with Crippen LogP contribution >= 0.6 is 11.3 Å². The van der Waals surface area contributed by atoms with E-state index in [0.29, 0.717) is 34.5 Å². The molecular formula is C18H15N5O3S. The highest BCUT2D eigenvalue weighted by Gasteiger charge is 2.34. The normalized spacial score (nSPS) is 17.6. The number of carbonyl (C=O) groups excluding carboxylic acids is 1. The van der Waals surface area contributed by atoms with E-state index in [1.54, 1.807) is 16.0 Å². The Hall–Kier alpha value is -3.33. The average Bonchev–Trinajstić information content (AvgIpc) is 3.38. The van der Waals surface area contributed by atoms with Gasteiger partial charge in [-0.3, -0.25) is 4.79 Å². The number of nitrogens with one attached hydrogen (secondary N) is 1. The molecule has 0 fully saturated rings. The van der Waals surface area contributed by atoms with Gasteiger partial charge >= 0.3 is 0 Å². The van der Waals surface area contributed by atoms with Gasteiger partial charge in [-0.15, -0.1) is 16.4 Å². The van der Waals surface area contributed by atoms with E-state index < -0.39 is 11.9 Å². The van der Waals surface area contributed by atoms with Crippen molar-refractivity contribution in [2.45, 2.75) is 13.0 Å². The zero-order valence-electron chi connectivity index (χ0n) is 14.3. The van der Waals surface area contributed by atoms with Crippen molar-refractivity contribution in [2.75, 3.05) is 12.1 Å². The maximum atomic E-state index is 12.2. The van der Waals surface area contributed by atoms with Crippen molar-refractivity contribution in [3.63, 3.8) is 0 Å². The molecule has 9 heteroatoms. The number of nitrogens with zero attached hydrogens (tertiary/aromatic N) is 3. The Labute approximate surface area is 158 Å². The van der Waals surface area contributed by atoms with Crippen LogP contribution in [0, 0.1) is 0 Å². The van der Waals surface area contributed by atoms with Crippen LogP contribution in [0.5, 0.6) is 11.5 Å². The van der Waals surface area contributed by atoms with Crippen LogP contribution in [0.2, 0.25) is 0 Å². The standard InChI is InChI=1S/C18H15N5O3S/c1-9-14(16(19)24)15(10-4-5-11-12(7-10)26-8-25-11)23-18(20-9)21-17(22-23)13-3-2-6-27-13/h2-7,15H,8H2,1H3,(H2,19,24)(H,20,21,22)/t15-/m1/s1. The van der Waals surface area contributed by atoms with E-state index in [0.717, 1.165) is 10.4 Å². The summed E-state index contributed by atoms with van der Waals surface area (Å²) in [4.78, 5) is 17.8. The highest BCUT2D eigenvalue weighted by atomic mass is 32.1. The fraction of sp³-hybridized carbons (Fsp3) is 0.167. The summed E-state index contributed by atoms with van der Waals surface area (Å²) in [6.07, 6.45) is 0. The fourth-order valence-corrected chi connectivity index (χ4v) is 4.02. The number of hydrogen-bond acceptors (Lipinski definition) is 7. The van der Waals surface area contributed by atoms with Gasteiger partial charge in [0.2, 0.25) is 18.6 Å². The summed E-state index contributed by atoms with van der Waals surface area (Å²) < 4.78 is 12.6. The Morgan fingerprint density at radius 2 is 2.19 bits per heavy atom. The molecule has 0 radical (unpaired) electrons. The number of allylic oxidation sites excluding steroid dienone is 1. The van der Waals surface area contributed by atoms with Gasteiger partial charge in [-0.05, 0) is 36.1 Å². The zero-order valence-corrected chi connectivity index (χ0v) is 15.1. The number of fused-ring (bicyclic) bond motifs is 2. The zero-order chi connectivity index (χ0) is 18.5. The lowest BCUT2D eigenvalue weighted by atomic mass is 9.95. The lowest BCUT2D eigenvalue weighted by molar-refractivity contribution is -0.115. The van der Waals surface area contributed by atoms with E-state index in [1.807, 2.05) is 42.6 Å². The first-order chi connectivity index (χ1) is 13.1. The van der Waals surface area contributed by atoms with Gasteiger partial charge in [0.25, 0.3) is 0 Å². The van der Waals surface area contributed by atoms with Crippen molar-refractivity contribution in [2.24, 2.45) is 5.73 Å². The minimum atomic E-state index is -0.513. The Balaban J connectivity index is 1.68. The largest absolute Gasteiger partial charge is 0.454 e. The topological polar surface area (TPSA) is 104 Å². The van der Waals surface area contributed by atoms with E-state index in [-0.39, 0.29) is 6.79 Å². The van der Waals surface area contributed by atoms with Gasteiger partial charge in [-0.25, -0.2) is 4.68 Å². The average molecular weight is 381 g/mol. The molecule has 1 atom stereocenters. The molecule has 0 saturated heterocycles. The van der Waals surface area contributed by atoms with Gasteiger partial charge < -0.3 is 20.5 Å². The van der Waals surface area contributed by atoms with E-state index in [2.05, 4.69) is 15.4 Å². The summed E-state index contributed by atoms with van der Waals surface area (Å²) in [5.74, 6) is 1.95. The fourth-order valence-electron chi connectivity index (χ4n) is 3.37. The first-order valence-corrected chi connectivity index (χ1v) is 9.17. The van der Waals surface area contributed by atoms with Crippen LogP contribution in [0.15, 0.2) is 47.0 Å². The number of nitrogens with two attached hydrogens (primary N) is 1. The molecule has 5 rings (SSSR count). The van der Waals surface area contributed by atoms with E-state index in [4.69, 9.17) is 15.2 Å². The molecule has 4 heterocycles. The minimum absolute atomic E-state index is 0.180. The number of carbonyl (C=O) groups is 1. The van der Waals surface area contributed by atoms with Crippen molar-refractivity contribution in [3.05, 3.63) is 52.5 Å². The third kappa shape index (κ3) is 2.47. The second-order valence-electron chi connectivity index (χ2n) is 6.22. The summed E-state index contributed by atoms with van der Waals surface area (Å²) in [5.41, 5.74) is 7.61. The van der Waals surface area contributed by atoms with Gasteiger partial charge in [0.15, 0.2) is 17.3 Å². The van der Waals surface area contributed by atoms with E-state index in [9.17, 15) is 4.79 Å². The molecule has 2 aliphatic rings.